The maximum atomic E-state index is 12.6. The molecule has 0 saturated carbocycles. The Balaban J connectivity index is 2.48. The number of methoxy groups -OCH3 is 2. The van der Waals surface area contributed by atoms with Gasteiger partial charge in [0, 0.05) is 12.8 Å². The summed E-state index contributed by atoms with van der Waals surface area (Å²) < 4.78 is 15.9. The lowest BCUT2D eigenvalue weighted by atomic mass is 9.94. The van der Waals surface area contributed by atoms with Crippen LogP contribution in [0.1, 0.15) is 25.5 Å². The molecule has 0 aliphatic carbocycles. The molecule has 2 rings (SSSR count). The Morgan fingerprint density at radius 1 is 1.44 bits per heavy atom. The van der Waals surface area contributed by atoms with Crippen molar-refractivity contribution >= 4 is 23.3 Å². The average molecular weight is 391 g/mol. The second-order valence-corrected chi connectivity index (χ2v) is 6.61. The zero-order valence-electron chi connectivity index (χ0n) is 16.2. The lowest BCUT2D eigenvalue weighted by Gasteiger charge is -2.40. The van der Waals surface area contributed by atoms with Crippen LogP contribution in [0.15, 0.2) is 48.2 Å². The number of nitrogens with one attached hydrogen (secondary N) is 1. The molecule has 2 atom stereocenters. The number of benzene rings is 1. The van der Waals surface area contributed by atoms with Crippen LogP contribution in [0, 0.1) is 0 Å². The van der Waals surface area contributed by atoms with Crippen LogP contribution in [0.4, 0.5) is 0 Å². The van der Waals surface area contributed by atoms with E-state index in [1.807, 2.05) is 43.0 Å². The SMILES string of the molecule is C=CCOc1cccc([C@@H]2NC(=S)N([C@@H](C)COC)C(C)=C2C(=O)OC)c1. The Kier molecular flexibility index (Phi) is 7.38. The molecule has 1 aliphatic rings. The smallest absolute Gasteiger partial charge is 0.337 e. The van der Waals surface area contributed by atoms with Crippen molar-refractivity contribution in [3.8, 4) is 5.75 Å². The van der Waals surface area contributed by atoms with Gasteiger partial charge in [0.15, 0.2) is 5.11 Å². The summed E-state index contributed by atoms with van der Waals surface area (Å²) in [4.78, 5) is 14.5. The van der Waals surface area contributed by atoms with Gasteiger partial charge >= 0.3 is 5.97 Å². The monoisotopic (exact) mass is 390 g/mol. The van der Waals surface area contributed by atoms with Gasteiger partial charge in [-0.25, -0.2) is 4.79 Å². The van der Waals surface area contributed by atoms with Crippen molar-refractivity contribution in [3.63, 3.8) is 0 Å². The third-order valence-corrected chi connectivity index (χ3v) is 4.65. The first kappa shape index (κ1) is 20.9. The molecule has 7 heteroatoms. The Bertz CT molecular complexity index is 747. The fourth-order valence-electron chi connectivity index (χ4n) is 3.17. The number of rotatable bonds is 8. The van der Waals surface area contributed by atoms with Gasteiger partial charge in [0.25, 0.3) is 0 Å². The maximum absolute atomic E-state index is 12.6. The molecule has 0 unspecified atom stereocenters. The van der Waals surface area contributed by atoms with E-state index in [0.717, 1.165) is 11.3 Å². The fraction of sp³-hybridized carbons (Fsp3) is 0.400. The van der Waals surface area contributed by atoms with E-state index in [0.29, 0.717) is 29.6 Å². The molecule has 0 saturated heterocycles. The summed E-state index contributed by atoms with van der Waals surface area (Å²) in [5, 5.41) is 3.80. The second-order valence-electron chi connectivity index (χ2n) is 6.22. The number of hydrogen-bond donors (Lipinski definition) is 1. The Hall–Kier alpha value is -2.38. The molecule has 0 fully saturated rings. The molecule has 1 aromatic carbocycles. The van der Waals surface area contributed by atoms with E-state index in [1.54, 1.807) is 13.2 Å². The molecule has 1 N–H and O–H groups in total. The summed E-state index contributed by atoms with van der Waals surface area (Å²) in [7, 11) is 3.01. The summed E-state index contributed by atoms with van der Waals surface area (Å²) >= 11 is 5.58. The zero-order valence-corrected chi connectivity index (χ0v) is 17.0. The normalized spacial score (nSPS) is 18.0. The highest BCUT2D eigenvalue weighted by Gasteiger charge is 2.36. The van der Waals surface area contributed by atoms with Crippen LogP contribution < -0.4 is 10.1 Å². The lowest BCUT2D eigenvalue weighted by Crippen LogP contribution is -2.52. The van der Waals surface area contributed by atoms with Crippen LogP contribution in [-0.4, -0.2) is 49.5 Å². The van der Waals surface area contributed by atoms with Gasteiger partial charge in [0.05, 0.1) is 31.4 Å². The average Bonchev–Trinajstić information content (AvgIpc) is 2.65. The van der Waals surface area contributed by atoms with Gasteiger partial charge in [0.2, 0.25) is 0 Å². The standard InChI is InChI=1S/C20H26N2O4S/c1-6-10-26-16-9-7-8-15(11-16)18-17(19(23)25-5)14(3)22(20(27)21-18)13(2)12-24-4/h6-9,11,13,18H,1,10,12H2,2-5H3,(H,21,27)/t13-,18-/m0/s1. The number of carbonyl (C=O) groups excluding carboxylic acids is 1. The number of carbonyl (C=O) groups is 1. The Morgan fingerprint density at radius 2 is 2.19 bits per heavy atom. The summed E-state index contributed by atoms with van der Waals surface area (Å²) in [6, 6.07) is 7.08. The molecule has 0 radical (unpaired) electrons. The molecule has 1 aromatic rings. The fourth-order valence-corrected chi connectivity index (χ4v) is 3.60. The largest absolute Gasteiger partial charge is 0.490 e. The van der Waals surface area contributed by atoms with Gasteiger partial charge < -0.3 is 24.4 Å². The predicted molar refractivity (Wildman–Crippen MR) is 109 cm³/mol. The minimum Gasteiger partial charge on any atom is -0.490 e. The van der Waals surface area contributed by atoms with Crippen molar-refractivity contribution in [1.82, 2.24) is 10.2 Å². The van der Waals surface area contributed by atoms with Crippen LogP contribution in [0.25, 0.3) is 0 Å². The highest BCUT2D eigenvalue weighted by atomic mass is 32.1. The summed E-state index contributed by atoms with van der Waals surface area (Å²) in [6.07, 6.45) is 1.68. The van der Waals surface area contributed by atoms with Gasteiger partial charge in [-0.3, -0.25) is 0 Å². The van der Waals surface area contributed by atoms with Crippen LogP contribution in [0.3, 0.4) is 0 Å². The summed E-state index contributed by atoms with van der Waals surface area (Å²) in [6.45, 7) is 8.39. The lowest BCUT2D eigenvalue weighted by molar-refractivity contribution is -0.136. The topological polar surface area (TPSA) is 60.0 Å². The molecule has 6 nitrogen and oxygen atoms in total. The number of nitrogens with zero attached hydrogens (tertiary/aromatic N) is 1. The first-order valence-corrected chi connectivity index (χ1v) is 9.06. The number of ether oxygens (including phenoxy) is 3. The van der Waals surface area contributed by atoms with E-state index >= 15 is 0 Å². The van der Waals surface area contributed by atoms with Crippen molar-refractivity contribution < 1.29 is 19.0 Å². The molecule has 0 amide bonds. The van der Waals surface area contributed by atoms with Gasteiger partial charge in [-0.05, 0) is 43.8 Å². The molecule has 27 heavy (non-hydrogen) atoms. The molecule has 0 spiro atoms. The van der Waals surface area contributed by atoms with Crippen molar-refractivity contribution in [3.05, 3.63) is 53.8 Å². The molecule has 1 aliphatic heterocycles. The quantitative estimate of drug-likeness (QED) is 0.416. The van der Waals surface area contributed by atoms with Gasteiger partial charge in [0.1, 0.15) is 12.4 Å². The van der Waals surface area contributed by atoms with E-state index < -0.39 is 12.0 Å². The first-order valence-electron chi connectivity index (χ1n) is 8.66. The minimum absolute atomic E-state index is 0.0298. The zero-order chi connectivity index (χ0) is 20.0. The Labute approximate surface area is 165 Å². The number of thiocarbonyl (C=S) groups is 1. The predicted octanol–water partition coefficient (Wildman–Crippen LogP) is 2.96. The van der Waals surface area contributed by atoms with Crippen molar-refractivity contribution in [2.24, 2.45) is 0 Å². The van der Waals surface area contributed by atoms with Gasteiger partial charge in [-0.1, -0.05) is 24.8 Å². The number of esters is 1. The molecular weight excluding hydrogens is 364 g/mol. The van der Waals surface area contributed by atoms with E-state index in [4.69, 9.17) is 26.4 Å². The highest BCUT2D eigenvalue weighted by Crippen LogP contribution is 2.33. The highest BCUT2D eigenvalue weighted by molar-refractivity contribution is 7.80. The van der Waals surface area contributed by atoms with E-state index in [2.05, 4.69) is 11.9 Å². The molecule has 146 valence electrons. The first-order chi connectivity index (χ1) is 12.9. The summed E-state index contributed by atoms with van der Waals surface area (Å²) in [5.41, 5.74) is 2.12. The molecule has 0 aromatic heterocycles. The van der Waals surface area contributed by atoms with Crippen molar-refractivity contribution in [2.75, 3.05) is 27.4 Å². The third kappa shape index (κ3) is 4.67. The molecular formula is C20H26N2O4S. The van der Waals surface area contributed by atoms with Crippen LogP contribution in [-0.2, 0) is 14.3 Å². The second kappa shape index (κ2) is 9.53. The van der Waals surface area contributed by atoms with Crippen molar-refractivity contribution in [2.45, 2.75) is 25.9 Å². The molecule has 0 bridgehead atoms. The minimum atomic E-state index is -0.428. The maximum Gasteiger partial charge on any atom is 0.337 e. The molecule has 1 heterocycles. The summed E-state index contributed by atoms with van der Waals surface area (Å²) in [5.74, 6) is 0.289. The van der Waals surface area contributed by atoms with Crippen LogP contribution in [0.5, 0.6) is 5.75 Å². The third-order valence-electron chi connectivity index (χ3n) is 4.34. The van der Waals surface area contributed by atoms with Crippen LogP contribution >= 0.6 is 12.2 Å². The van der Waals surface area contributed by atoms with Crippen LogP contribution in [0.2, 0.25) is 0 Å². The Morgan fingerprint density at radius 3 is 2.81 bits per heavy atom. The van der Waals surface area contributed by atoms with E-state index in [1.165, 1.54) is 7.11 Å². The number of allylic oxidation sites excluding steroid dienone is 1. The number of hydrogen-bond acceptors (Lipinski definition) is 5. The van der Waals surface area contributed by atoms with Gasteiger partial charge in [-0.15, -0.1) is 0 Å². The van der Waals surface area contributed by atoms with E-state index in [9.17, 15) is 4.79 Å². The van der Waals surface area contributed by atoms with Crippen molar-refractivity contribution in [1.29, 1.82) is 0 Å². The van der Waals surface area contributed by atoms with Gasteiger partial charge in [-0.2, -0.15) is 0 Å². The van der Waals surface area contributed by atoms with E-state index in [-0.39, 0.29) is 6.04 Å².